The van der Waals surface area contributed by atoms with Crippen molar-refractivity contribution in [1.82, 2.24) is 0 Å². The summed E-state index contributed by atoms with van der Waals surface area (Å²) < 4.78 is 0. The van der Waals surface area contributed by atoms with Crippen LogP contribution in [0.2, 0.25) is 5.02 Å². The maximum absolute atomic E-state index is 6.38. The van der Waals surface area contributed by atoms with Gasteiger partial charge in [0.05, 0.1) is 0 Å². The van der Waals surface area contributed by atoms with Crippen molar-refractivity contribution in [3.8, 4) is 0 Å². The lowest BCUT2D eigenvalue weighted by Crippen LogP contribution is -2.24. The van der Waals surface area contributed by atoms with Gasteiger partial charge in [0.1, 0.15) is 0 Å². The van der Waals surface area contributed by atoms with E-state index in [1.807, 2.05) is 0 Å². The van der Waals surface area contributed by atoms with Gasteiger partial charge in [0.2, 0.25) is 0 Å². The highest BCUT2D eigenvalue weighted by Crippen LogP contribution is 2.35. The Morgan fingerprint density at radius 2 is 2.15 bits per heavy atom. The molecule has 1 aromatic carbocycles. The van der Waals surface area contributed by atoms with Gasteiger partial charge in [0.15, 0.2) is 0 Å². The molecule has 20 heavy (non-hydrogen) atoms. The van der Waals surface area contributed by atoms with Gasteiger partial charge in [0, 0.05) is 23.3 Å². The number of anilines is 1. The first-order chi connectivity index (χ1) is 9.78. The maximum atomic E-state index is 6.38. The summed E-state index contributed by atoms with van der Waals surface area (Å²) in [7, 11) is 0. The number of nitrogens with two attached hydrogens (primary N) is 1. The van der Waals surface area contributed by atoms with Gasteiger partial charge in [-0.3, -0.25) is 0 Å². The number of benzene rings is 1. The van der Waals surface area contributed by atoms with Crippen LogP contribution in [0.1, 0.15) is 24.0 Å². The van der Waals surface area contributed by atoms with Gasteiger partial charge in [-0.2, -0.15) is 11.3 Å². The Balaban J connectivity index is 1.82. The minimum atomic E-state index is 0.639. The third kappa shape index (κ3) is 3.17. The first kappa shape index (κ1) is 13.9. The second-order valence-corrected chi connectivity index (χ2v) is 6.49. The lowest BCUT2D eigenvalue weighted by atomic mass is 10.1. The van der Waals surface area contributed by atoms with Crippen molar-refractivity contribution < 1.29 is 0 Å². The topological polar surface area (TPSA) is 29.3 Å². The van der Waals surface area contributed by atoms with Gasteiger partial charge in [-0.05, 0) is 65.9 Å². The zero-order valence-electron chi connectivity index (χ0n) is 11.4. The molecule has 0 bridgehead atoms. The average molecular weight is 307 g/mol. The van der Waals surface area contributed by atoms with E-state index in [0.29, 0.717) is 12.6 Å². The largest absolute Gasteiger partial charge is 0.364 e. The van der Waals surface area contributed by atoms with Crippen molar-refractivity contribution in [2.45, 2.75) is 31.8 Å². The van der Waals surface area contributed by atoms with E-state index in [2.05, 4.69) is 39.9 Å². The molecule has 1 fully saturated rings. The summed E-state index contributed by atoms with van der Waals surface area (Å²) in [6.07, 6.45) is 3.41. The Hall–Kier alpha value is -1.03. The van der Waals surface area contributed by atoms with Gasteiger partial charge in [0.25, 0.3) is 0 Å². The molecule has 1 aliphatic carbocycles. The lowest BCUT2D eigenvalue weighted by Gasteiger charge is -2.25. The maximum Gasteiger partial charge on any atom is 0.0459 e. The van der Waals surface area contributed by atoms with E-state index in [0.717, 1.165) is 23.6 Å². The van der Waals surface area contributed by atoms with E-state index in [1.165, 1.54) is 24.1 Å². The first-order valence-corrected chi connectivity index (χ1v) is 8.36. The number of nitrogens with zero attached hydrogens (tertiary/aromatic N) is 1. The molecule has 1 aliphatic rings. The predicted molar refractivity (Wildman–Crippen MR) is 87.7 cm³/mol. The Labute approximate surface area is 129 Å². The van der Waals surface area contributed by atoms with Crippen LogP contribution in [0.3, 0.4) is 0 Å². The predicted octanol–water partition coefficient (Wildman–Crippen LogP) is 4.07. The standard InChI is InChI=1S/C16H19ClN2S/c17-16-9-15(2-1-13(16)5-7-18)19(14-3-4-14)10-12-6-8-20-11-12/h1-2,6,8-9,11,14H,3-5,7,10,18H2. The number of rotatable bonds is 6. The summed E-state index contributed by atoms with van der Waals surface area (Å²) >= 11 is 8.13. The highest BCUT2D eigenvalue weighted by atomic mass is 35.5. The van der Waals surface area contributed by atoms with Gasteiger partial charge >= 0.3 is 0 Å². The van der Waals surface area contributed by atoms with Crippen LogP contribution in [-0.4, -0.2) is 12.6 Å². The van der Waals surface area contributed by atoms with E-state index < -0.39 is 0 Å². The molecule has 0 aliphatic heterocycles. The van der Waals surface area contributed by atoms with Crippen molar-refractivity contribution in [2.75, 3.05) is 11.4 Å². The smallest absolute Gasteiger partial charge is 0.0459 e. The molecule has 2 nitrogen and oxygen atoms in total. The molecule has 106 valence electrons. The van der Waals surface area contributed by atoms with Crippen LogP contribution in [-0.2, 0) is 13.0 Å². The van der Waals surface area contributed by atoms with Crippen LogP contribution in [0.25, 0.3) is 0 Å². The second kappa shape index (κ2) is 6.17. The van der Waals surface area contributed by atoms with Crippen LogP contribution in [0.15, 0.2) is 35.0 Å². The second-order valence-electron chi connectivity index (χ2n) is 5.31. The number of halogens is 1. The minimum absolute atomic E-state index is 0.639. The summed E-state index contributed by atoms with van der Waals surface area (Å²) in [5.41, 5.74) is 9.36. The molecule has 0 atom stereocenters. The lowest BCUT2D eigenvalue weighted by molar-refractivity contribution is 0.796. The van der Waals surface area contributed by atoms with Crippen LogP contribution in [0.5, 0.6) is 0 Å². The minimum Gasteiger partial charge on any atom is -0.364 e. The molecule has 0 spiro atoms. The molecular formula is C16H19ClN2S. The SMILES string of the molecule is NCCc1ccc(N(Cc2ccsc2)C2CC2)cc1Cl. The van der Waals surface area contributed by atoms with Crippen molar-refractivity contribution in [2.24, 2.45) is 5.73 Å². The Morgan fingerprint density at radius 1 is 1.30 bits per heavy atom. The Morgan fingerprint density at radius 3 is 2.75 bits per heavy atom. The third-order valence-corrected chi connectivity index (χ3v) is 4.79. The Kier molecular flexibility index (Phi) is 4.29. The number of hydrogen-bond donors (Lipinski definition) is 1. The van der Waals surface area contributed by atoms with Crippen molar-refractivity contribution in [3.63, 3.8) is 0 Å². The summed E-state index contributed by atoms with van der Waals surface area (Å²) in [6, 6.07) is 9.27. The van der Waals surface area contributed by atoms with Gasteiger partial charge in [-0.15, -0.1) is 0 Å². The molecular weight excluding hydrogens is 288 g/mol. The summed E-state index contributed by atoms with van der Waals surface area (Å²) in [5.74, 6) is 0. The number of thiophene rings is 1. The molecule has 1 saturated carbocycles. The van der Waals surface area contributed by atoms with E-state index in [1.54, 1.807) is 11.3 Å². The summed E-state index contributed by atoms with van der Waals surface area (Å²) in [4.78, 5) is 2.47. The molecule has 0 amide bonds. The molecule has 2 aromatic rings. The van der Waals surface area contributed by atoms with Crippen LogP contribution < -0.4 is 10.6 Å². The van der Waals surface area contributed by atoms with Gasteiger partial charge in [-0.1, -0.05) is 17.7 Å². The van der Waals surface area contributed by atoms with Gasteiger partial charge in [-0.25, -0.2) is 0 Å². The molecule has 1 aromatic heterocycles. The monoisotopic (exact) mass is 306 g/mol. The van der Waals surface area contributed by atoms with Crippen molar-refractivity contribution >= 4 is 28.6 Å². The molecule has 0 saturated heterocycles. The fourth-order valence-electron chi connectivity index (χ4n) is 2.47. The Bertz CT molecular complexity index is 564. The normalized spacial score (nSPS) is 14.5. The summed E-state index contributed by atoms with van der Waals surface area (Å²) in [6.45, 7) is 1.61. The van der Waals surface area contributed by atoms with Crippen LogP contribution in [0, 0.1) is 0 Å². The highest BCUT2D eigenvalue weighted by Gasteiger charge is 2.29. The zero-order valence-corrected chi connectivity index (χ0v) is 13.0. The summed E-state index contributed by atoms with van der Waals surface area (Å²) in [5, 5.41) is 5.20. The molecule has 3 rings (SSSR count). The van der Waals surface area contributed by atoms with Crippen molar-refractivity contribution in [3.05, 3.63) is 51.2 Å². The third-order valence-electron chi connectivity index (χ3n) is 3.70. The van der Waals surface area contributed by atoms with E-state index in [9.17, 15) is 0 Å². The molecule has 4 heteroatoms. The van der Waals surface area contributed by atoms with E-state index in [4.69, 9.17) is 17.3 Å². The van der Waals surface area contributed by atoms with Gasteiger partial charge < -0.3 is 10.6 Å². The molecule has 1 heterocycles. The highest BCUT2D eigenvalue weighted by molar-refractivity contribution is 7.07. The van der Waals surface area contributed by atoms with E-state index >= 15 is 0 Å². The average Bonchev–Trinajstić information content (AvgIpc) is 3.15. The van der Waals surface area contributed by atoms with E-state index in [-0.39, 0.29) is 0 Å². The quantitative estimate of drug-likeness (QED) is 0.871. The van der Waals surface area contributed by atoms with Crippen LogP contribution >= 0.6 is 22.9 Å². The number of hydrogen-bond acceptors (Lipinski definition) is 3. The molecule has 0 unspecified atom stereocenters. The first-order valence-electron chi connectivity index (χ1n) is 7.04. The fraction of sp³-hybridized carbons (Fsp3) is 0.375. The molecule has 0 radical (unpaired) electrons. The molecule has 2 N–H and O–H groups in total. The van der Waals surface area contributed by atoms with Crippen molar-refractivity contribution in [1.29, 1.82) is 0 Å². The zero-order chi connectivity index (χ0) is 13.9. The fourth-order valence-corrected chi connectivity index (χ4v) is 3.40. The van der Waals surface area contributed by atoms with Crippen LogP contribution in [0.4, 0.5) is 5.69 Å².